The third-order valence-electron chi connectivity index (χ3n) is 2.51. The first-order valence-electron chi connectivity index (χ1n) is 5.60. The number of rotatable bonds is 4. The van der Waals surface area contributed by atoms with Crippen molar-refractivity contribution in [2.45, 2.75) is 26.3 Å². The molecule has 0 aliphatic rings. The fraction of sp³-hybridized carbons (Fsp3) is 0.385. The number of halogens is 2. The van der Waals surface area contributed by atoms with Crippen LogP contribution in [0.3, 0.4) is 0 Å². The number of amides is 1. The molecule has 0 atom stereocenters. The second-order valence-electron chi connectivity index (χ2n) is 4.12. The van der Waals surface area contributed by atoms with Gasteiger partial charge in [0.2, 0.25) is 0 Å². The molecule has 1 aromatic carbocycles. The maximum atomic E-state index is 13.6. The van der Waals surface area contributed by atoms with E-state index in [0.717, 1.165) is 6.07 Å². The second-order valence-corrected chi connectivity index (χ2v) is 4.56. The monoisotopic (exact) mass is 268 g/mol. The minimum atomic E-state index is -0.643. The van der Waals surface area contributed by atoms with Gasteiger partial charge in [0.15, 0.2) is 0 Å². The molecule has 0 saturated carbocycles. The quantitative estimate of drug-likeness (QED) is 0.841. The Labute approximate surface area is 111 Å². The number of nitriles is 1. The van der Waals surface area contributed by atoms with E-state index in [2.05, 4.69) is 0 Å². The van der Waals surface area contributed by atoms with Gasteiger partial charge < -0.3 is 4.90 Å². The molecule has 1 rings (SSSR count). The Morgan fingerprint density at radius 1 is 1.56 bits per heavy atom. The molecule has 1 amide bonds. The van der Waals surface area contributed by atoms with E-state index in [4.69, 9.17) is 16.9 Å². The van der Waals surface area contributed by atoms with Crippen LogP contribution in [0.4, 0.5) is 4.39 Å². The van der Waals surface area contributed by atoms with Crippen LogP contribution < -0.4 is 0 Å². The molecule has 0 fully saturated rings. The van der Waals surface area contributed by atoms with Gasteiger partial charge in [-0.05, 0) is 32.0 Å². The largest absolute Gasteiger partial charge is 0.335 e. The van der Waals surface area contributed by atoms with Gasteiger partial charge in [-0.2, -0.15) is 5.26 Å². The van der Waals surface area contributed by atoms with E-state index in [1.165, 1.54) is 17.0 Å². The van der Waals surface area contributed by atoms with Crippen molar-refractivity contribution in [2.24, 2.45) is 0 Å². The van der Waals surface area contributed by atoms with Gasteiger partial charge in [-0.3, -0.25) is 4.79 Å². The zero-order valence-corrected chi connectivity index (χ0v) is 11.0. The minimum absolute atomic E-state index is 0.0222. The zero-order chi connectivity index (χ0) is 13.7. The van der Waals surface area contributed by atoms with Gasteiger partial charge in [-0.15, -0.1) is 0 Å². The molecular formula is C13H14ClFN2O. The molecule has 18 heavy (non-hydrogen) atoms. The lowest BCUT2D eigenvalue weighted by Crippen LogP contribution is -2.38. The van der Waals surface area contributed by atoms with Crippen molar-refractivity contribution >= 4 is 17.5 Å². The summed E-state index contributed by atoms with van der Waals surface area (Å²) in [5.41, 5.74) is -0.0222. The third-order valence-corrected chi connectivity index (χ3v) is 2.75. The van der Waals surface area contributed by atoms with Crippen molar-refractivity contribution in [3.8, 4) is 6.07 Å². The summed E-state index contributed by atoms with van der Waals surface area (Å²) in [6.45, 7) is 3.93. The molecule has 0 heterocycles. The van der Waals surface area contributed by atoms with Crippen molar-refractivity contribution in [1.29, 1.82) is 5.26 Å². The summed E-state index contributed by atoms with van der Waals surface area (Å²) in [5, 5.41) is 8.81. The highest BCUT2D eigenvalue weighted by Crippen LogP contribution is 2.17. The first-order chi connectivity index (χ1) is 8.47. The summed E-state index contributed by atoms with van der Waals surface area (Å²) >= 11 is 5.64. The van der Waals surface area contributed by atoms with Crippen molar-refractivity contribution in [3.05, 3.63) is 34.6 Å². The summed E-state index contributed by atoms with van der Waals surface area (Å²) in [4.78, 5) is 13.6. The Morgan fingerprint density at radius 3 is 2.72 bits per heavy atom. The molecule has 0 saturated heterocycles. The average molecular weight is 269 g/mol. The smallest absolute Gasteiger partial charge is 0.257 e. The van der Waals surface area contributed by atoms with Crippen LogP contribution in [0.15, 0.2) is 18.2 Å². The van der Waals surface area contributed by atoms with Crippen molar-refractivity contribution < 1.29 is 9.18 Å². The van der Waals surface area contributed by atoms with Gasteiger partial charge in [0.25, 0.3) is 5.91 Å². The van der Waals surface area contributed by atoms with Crippen LogP contribution >= 0.6 is 11.6 Å². The SMILES string of the molecule is CC(C)N(CCC#N)C(=O)c1ccc(Cl)cc1F. The fourth-order valence-electron chi connectivity index (χ4n) is 1.58. The number of nitrogens with zero attached hydrogens (tertiary/aromatic N) is 2. The van der Waals surface area contributed by atoms with Crippen LogP contribution in [0.1, 0.15) is 30.6 Å². The van der Waals surface area contributed by atoms with Crippen molar-refractivity contribution in [1.82, 2.24) is 4.90 Å². The third kappa shape index (κ3) is 3.44. The summed E-state index contributed by atoms with van der Waals surface area (Å²) in [7, 11) is 0. The molecule has 0 unspecified atom stereocenters. The Balaban J connectivity index is 2.99. The molecule has 1 aromatic rings. The van der Waals surface area contributed by atoms with E-state index < -0.39 is 11.7 Å². The number of carbonyl (C=O) groups excluding carboxylic acids is 1. The van der Waals surface area contributed by atoms with E-state index in [0.29, 0.717) is 0 Å². The summed E-state index contributed by atoms with van der Waals surface area (Å²) in [6, 6.07) is 5.82. The number of carbonyl (C=O) groups is 1. The van der Waals surface area contributed by atoms with Gasteiger partial charge in [-0.1, -0.05) is 11.6 Å². The number of hydrogen-bond acceptors (Lipinski definition) is 2. The van der Waals surface area contributed by atoms with Crippen molar-refractivity contribution in [3.63, 3.8) is 0 Å². The molecule has 3 nitrogen and oxygen atoms in total. The average Bonchev–Trinajstić information content (AvgIpc) is 2.28. The lowest BCUT2D eigenvalue weighted by molar-refractivity contribution is 0.0705. The first-order valence-corrected chi connectivity index (χ1v) is 5.98. The highest BCUT2D eigenvalue weighted by molar-refractivity contribution is 6.30. The molecule has 0 N–H and O–H groups in total. The Bertz CT molecular complexity index is 482. The Morgan fingerprint density at radius 2 is 2.22 bits per heavy atom. The standard InChI is InChI=1S/C13H14ClFN2O/c1-9(2)17(7-3-6-16)13(18)11-5-4-10(14)8-12(11)15/h4-5,8-9H,3,7H2,1-2H3. The summed E-state index contributed by atoms with van der Waals surface area (Å²) in [6.07, 6.45) is 0.221. The van der Waals surface area contributed by atoms with Crippen LogP contribution in [0.5, 0.6) is 0 Å². The maximum Gasteiger partial charge on any atom is 0.257 e. The predicted octanol–water partition coefficient (Wildman–Crippen LogP) is 3.24. The first kappa shape index (κ1) is 14.5. The van der Waals surface area contributed by atoms with Gasteiger partial charge in [0.1, 0.15) is 5.82 Å². The molecule has 96 valence electrons. The normalized spacial score (nSPS) is 10.2. The number of hydrogen-bond donors (Lipinski definition) is 0. The molecule has 0 radical (unpaired) electrons. The molecule has 0 spiro atoms. The molecule has 5 heteroatoms. The van der Waals surface area contributed by atoms with Crippen LogP contribution in [0, 0.1) is 17.1 Å². The van der Waals surface area contributed by atoms with Gasteiger partial charge in [-0.25, -0.2) is 4.39 Å². The zero-order valence-electron chi connectivity index (χ0n) is 10.3. The Hall–Kier alpha value is -1.60. The molecule has 0 aliphatic carbocycles. The van der Waals surface area contributed by atoms with Gasteiger partial charge in [0, 0.05) is 17.6 Å². The van der Waals surface area contributed by atoms with E-state index >= 15 is 0 Å². The summed E-state index contributed by atoms with van der Waals surface area (Å²) < 4.78 is 13.6. The molecule has 0 aromatic heterocycles. The highest BCUT2D eigenvalue weighted by Gasteiger charge is 2.21. The predicted molar refractivity (Wildman–Crippen MR) is 67.8 cm³/mol. The van der Waals surface area contributed by atoms with Crippen LogP contribution in [0.2, 0.25) is 5.02 Å². The second kappa shape index (κ2) is 6.36. The van der Waals surface area contributed by atoms with Crippen molar-refractivity contribution in [2.75, 3.05) is 6.54 Å². The van der Waals surface area contributed by atoms with E-state index in [1.54, 1.807) is 0 Å². The minimum Gasteiger partial charge on any atom is -0.335 e. The van der Waals surface area contributed by atoms with Gasteiger partial charge >= 0.3 is 0 Å². The number of benzene rings is 1. The van der Waals surface area contributed by atoms with E-state index in [9.17, 15) is 9.18 Å². The van der Waals surface area contributed by atoms with E-state index in [1.807, 2.05) is 19.9 Å². The highest BCUT2D eigenvalue weighted by atomic mass is 35.5. The van der Waals surface area contributed by atoms with Crippen LogP contribution in [-0.4, -0.2) is 23.4 Å². The van der Waals surface area contributed by atoms with E-state index in [-0.39, 0.29) is 29.6 Å². The lowest BCUT2D eigenvalue weighted by atomic mass is 10.1. The maximum absolute atomic E-state index is 13.6. The summed E-state index contributed by atoms with van der Waals surface area (Å²) in [5.74, 6) is -1.07. The van der Waals surface area contributed by atoms with Gasteiger partial charge in [0.05, 0.1) is 18.1 Å². The van der Waals surface area contributed by atoms with Crippen LogP contribution in [0.25, 0.3) is 0 Å². The topological polar surface area (TPSA) is 44.1 Å². The lowest BCUT2D eigenvalue weighted by Gasteiger charge is -2.26. The molecule has 0 aliphatic heterocycles. The van der Waals surface area contributed by atoms with Crippen LogP contribution in [-0.2, 0) is 0 Å². The fourth-order valence-corrected chi connectivity index (χ4v) is 1.74. The molecule has 0 bridgehead atoms. The molecular weight excluding hydrogens is 255 g/mol. The Kier molecular flexibility index (Phi) is 5.11.